The largest absolute Gasteiger partial charge is 0.309 e. The van der Waals surface area contributed by atoms with E-state index in [4.69, 9.17) is 0 Å². The Balaban J connectivity index is 2.40. The lowest BCUT2D eigenvalue weighted by Gasteiger charge is -2.29. The number of rotatable bonds is 3. The summed E-state index contributed by atoms with van der Waals surface area (Å²) in [6.45, 7) is 8.58. The van der Waals surface area contributed by atoms with E-state index in [0.29, 0.717) is 0 Å². The Bertz CT molecular complexity index is 920. The van der Waals surface area contributed by atoms with Gasteiger partial charge in [0.25, 0.3) is 0 Å². The molecule has 25 heavy (non-hydrogen) atoms. The van der Waals surface area contributed by atoms with Crippen LogP contribution in [0.5, 0.6) is 0 Å². The van der Waals surface area contributed by atoms with Crippen LogP contribution in [0.2, 0.25) is 0 Å². The number of benzene rings is 3. The van der Waals surface area contributed by atoms with Crippen LogP contribution in [0.1, 0.15) is 31.9 Å². The van der Waals surface area contributed by atoms with Crippen LogP contribution in [0.4, 0.5) is 0 Å². The molecule has 0 aromatic heterocycles. The number of hydrogen-bond acceptors (Lipinski definition) is 1. The molecule has 0 spiro atoms. The lowest BCUT2D eigenvalue weighted by molar-refractivity contribution is 0.583. The summed E-state index contributed by atoms with van der Waals surface area (Å²) in [7, 11) is -2.95. The Kier molecular flexibility index (Phi) is 4.71. The average Bonchev–Trinajstić information content (AvgIpc) is 2.61. The third-order valence-electron chi connectivity index (χ3n) is 4.63. The van der Waals surface area contributed by atoms with Crippen LogP contribution >= 0.6 is 7.14 Å². The molecule has 1 nitrogen and oxygen atoms in total. The van der Waals surface area contributed by atoms with Gasteiger partial charge in [0.2, 0.25) is 0 Å². The number of aryl methyl sites for hydroxylation is 1. The Morgan fingerprint density at radius 2 is 1.20 bits per heavy atom. The minimum absolute atomic E-state index is 0.0796. The van der Waals surface area contributed by atoms with E-state index in [1.54, 1.807) is 0 Å². The van der Waals surface area contributed by atoms with Crippen molar-refractivity contribution in [3.05, 3.63) is 90.0 Å². The van der Waals surface area contributed by atoms with Crippen LogP contribution in [0.15, 0.2) is 78.9 Å². The molecule has 0 aliphatic rings. The molecule has 2 heteroatoms. The predicted octanol–water partition coefficient (Wildman–Crippen LogP) is 4.93. The molecular weight excluding hydrogens is 323 g/mol. The zero-order valence-corrected chi connectivity index (χ0v) is 16.3. The summed E-state index contributed by atoms with van der Waals surface area (Å²) in [6, 6.07) is 26.1. The third-order valence-corrected chi connectivity index (χ3v) is 7.90. The predicted molar refractivity (Wildman–Crippen MR) is 109 cm³/mol. The van der Waals surface area contributed by atoms with Crippen LogP contribution in [0, 0.1) is 6.92 Å². The summed E-state index contributed by atoms with van der Waals surface area (Å²) in [5.41, 5.74) is 2.13. The van der Waals surface area contributed by atoms with Gasteiger partial charge in [0.15, 0.2) is 7.14 Å². The maximum atomic E-state index is 14.7. The van der Waals surface area contributed by atoms with E-state index in [1.807, 2.05) is 79.7 Å². The van der Waals surface area contributed by atoms with Gasteiger partial charge in [-0.05, 0) is 23.5 Å². The number of hydrogen-bond donors (Lipinski definition) is 0. The van der Waals surface area contributed by atoms with Crippen molar-refractivity contribution in [2.24, 2.45) is 0 Å². The van der Waals surface area contributed by atoms with Crippen LogP contribution in [0.25, 0.3) is 0 Å². The highest BCUT2D eigenvalue weighted by atomic mass is 31.2. The standard InChI is InChI=1S/C23H25OP/c1-18-12-8-10-16-21(18)25(24,19-13-6-5-7-14-19)22-17-11-9-15-20(22)23(2,3)4/h5-17H,1-4H3. The van der Waals surface area contributed by atoms with Gasteiger partial charge in [-0.25, -0.2) is 0 Å². The van der Waals surface area contributed by atoms with Gasteiger partial charge in [-0.2, -0.15) is 0 Å². The molecule has 0 bridgehead atoms. The summed E-state index contributed by atoms with van der Waals surface area (Å²) < 4.78 is 14.7. The fourth-order valence-electron chi connectivity index (χ4n) is 3.35. The summed E-state index contributed by atoms with van der Waals surface area (Å²) >= 11 is 0. The molecule has 0 N–H and O–H groups in total. The zero-order chi connectivity index (χ0) is 18.1. The first kappa shape index (κ1) is 17.7. The van der Waals surface area contributed by atoms with Crippen molar-refractivity contribution in [1.82, 2.24) is 0 Å². The molecule has 0 amide bonds. The minimum Gasteiger partial charge on any atom is -0.309 e. The van der Waals surface area contributed by atoms with Crippen LogP contribution in [-0.4, -0.2) is 0 Å². The molecule has 0 saturated heterocycles. The molecule has 3 aromatic carbocycles. The molecule has 1 unspecified atom stereocenters. The third kappa shape index (κ3) is 3.22. The van der Waals surface area contributed by atoms with Gasteiger partial charge in [-0.15, -0.1) is 0 Å². The van der Waals surface area contributed by atoms with Gasteiger partial charge < -0.3 is 4.57 Å². The molecular formula is C23H25OP. The lowest BCUT2D eigenvalue weighted by Crippen LogP contribution is -2.32. The Morgan fingerprint density at radius 3 is 1.80 bits per heavy atom. The fraction of sp³-hybridized carbons (Fsp3) is 0.217. The molecule has 128 valence electrons. The highest BCUT2D eigenvalue weighted by Gasteiger charge is 2.35. The van der Waals surface area contributed by atoms with Gasteiger partial charge >= 0.3 is 0 Å². The van der Waals surface area contributed by atoms with E-state index in [9.17, 15) is 4.57 Å². The highest BCUT2D eigenvalue weighted by molar-refractivity contribution is 7.85. The van der Waals surface area contributed by atoms with E-state index in [-0.39, 0.29) is 5.41 Å². The van der Waals surface area contributed by atoms with Gasteiger partial charge in [0.1, 0.15) is 0 Å². The van der Waals surface area contributed by atoms with Gasteiger partial charge in [0, 0.05) is 15.9 Å². The molecule has 0 radical (unpaired) electrons. The monoisotopic (exact) mass is 348 g/mol. The summed E-state index contributed by atoms with van der Waals surface area (Å²) in [5, 5.41) is 2.77. The summed E-state index contributed by atoms with van der Waals surface area (Å²) in [6.07, 6.45) is 0. The smallest absolute Gasteiger partial charge is 0.171 e. The van der Waals surface area contributed by atoms with Gasteiger partial charge in [-0.1, -0.05) is 99.6 Å². The van der Waals surface area contributed by atoms with Crippen molar-refractivity contribution in [3.8, 4) is 0 Å². The maximum absolute atomic E-state index is 14.7. The molecule has 1 atom stereocenters. The Labute approximate surface area is 151 Å². The van der Waals surface area contributed by atoms with Crippen LogP contribution in [-0.2, 0) is 9.98 Å². The lowest BCUT2D eigenvalue weighted by atomic mass is 9.87. The molecule has 0 heterocycles. The van der Waals surface area contributed by atoms with E-state index in [1.165, 1.54) is 0 Å². The van der Waals surface area contributed by atoms with Crippen molar-refractivity contribution in [3.63, 3.8) is 0 Å². The van der Waals surface area contributed by atoms with Crippen molar-refractivity contribution in [2.45, 2.75) is 33.1 Å². The molecule has 0 saturated carbocycles. The summed E-state index contributed by atoms with van der Waals surface area (Å²) in [4.78, 5) is 0. The first-order valence-corrected chi connectivity index (χ1v) is 10.4. The molecule has 3 rings (SSSR count). The average molecular weight is 348 g/mol. The van der Waals surface area contributed by atoms with Gasteiger partial charge in [0.05, 0.1) is 0 Å². The van der Waals surface area contributed by atoms with E-state index in [0.717, 1.165) is 27.0 Å². The molecule has 0 aliphatic carbocycles. The van der Waals surface area contributed by atoms with Crippen LogP contribution in [0.3, 0.4) is 0 Å². The van der Waals surface area contributed by atoms with Crippen molar-refractivity contribution in [2.75, 3.05) is 0 Å². The van der Waals surface area contributed by atoms with Crippen molar-refractivity contribution in [1.29, 1.82) is 0 Å². The quantitative estimate of drug-likeness (QED) is 0.613. The molecule has 0 aliphatic heterocycles. The van der Waals surface area contributed by atoms with E-state index < -0.39 is 7.14 Å². The Morgan fingerprint density at radius 1 is 0.680 bits per heavy atom. The highest BCUT2D eigenvalue weighted by Crippen LogP contribution is 2.45. The molecule has 3 aromatic rings. The second-order valence-corrected chi connectivity index (χ2v) is 10.2. The minimum atomic E-state index is -2.95. The SMILES string of the molecule is Cc1ccccc1P(=O)(c1ccccc1)c1ccccc1C(C)(C)C. The van der Waals surface area contributed by atoms with Gasteiger partial charge in [-0.3, -0.25) is 0 Å². The second-order valence-electron chi connectivity index (χ2n) is 7.50. The second kappa shape index (κ2) is 6.65. The first-order valence-electron chi connectivity index (χ1n) is 8.67. The Hall–Kier alpha value is -2.11. The summed E-state index contributed by atoms with van der Waals surface area (Å²) in [5.74, 6) is 0. The van der Waals surface area contributed by atoms with Crippen molar-refractivity contribution >= 4 is 23.1 Å². The molecule has 0 fully saturated rings. The zero-order valence-electron chi connectivity index (χ0n) is 15.4. The normalized spacial score (nSPS) is 14.1. The fourth-order valence-corrected chi connectivity index (χ4v) is 6.67. The van der Waals surface area contributed by atoms with E-state index in [2.05, 4.69) is 26.8 Å². The topological polar surface area (TPSA) is 17.1 Å². The van der Waals surface area contributed by atoms with E-state index >= 15 is 0 Å². The maximum Gasteiger partial charge on any atom is 0.171 e. The van der Waals surface area contributed by atoms with Crippen LogP contribution < -0.4 is 15.9 Å². The first-order chi connectivity index (χ1) is 11.8. The van der Waals surface area contributed by atoms with Crippen molar-refractivity contribution < 1.29 is 4.57 Å².